The van der Waals surface area contributed by atoms with Crippen LogP contribution in [0.2, 0.25) is 0 Å². The molecule has 184 valence electrons. The summed E-state index contributed by atoms with van der Waals surface area (Å²) < 4.78 is 11.4. The van der Waals surface area contributed by atoms with Crippen molar-refractivity contribution < 1.29 is 23.9 Å². The van der Waals surface area contributed by atoms with E-state index in [1.54, 1.807) is 41.3 Å². The standard InChI is InChI=1S/C29H28N2O5/c1-29-16-23(28(34)35-19-20-10-4-2-5-11-20)31(25(29)17-29)26(32)18-30-27(33)22-14-8-9-15-24(22)36-21-12-6-3-7-13-21/h2-15,23,25H,16-19H2,1H3,(H,30,33)/t23-,25-,29+/m0/s1. The predicted molar refractivity (Wildman–Crippen MR) is 133 cm³/mol. The minimum absolute atomic E-state index is 0.00937. The normalized spacial score (nSPS) is 21.9. The van der Waals surface area contributed by atoms with Crippen molar-refractivity contribution in [2.45, 2.75) is 38.5 Å². The number of piperidine rings is 1. The van der Waals surface area contributed by atoms with Gasteiger partial charge in [0.05, 0.1) is 12.1 Å². The van der Waals surface area contributed by atoms with E-state index in [1.807, 2.05) is 48.5 Å². The molecule has 1 aliphatic heterocycles. The third-order valence-corrected chi connectivity index (χ3v) is 6.92. The summed E-state index contributed by atoms with van der Waals surface area (Å²) in [4.78, 5) is 40.7. The van der Waals surface area contributed by atoms with Gasteiger partial charge < -0.3 is 19.7 Å². The van der Waals surface area contributed by atoms with Crippen molar-refractivity contribution in [3.8, 4) is 11.5 Å². The number of fused-ring (bicyclic) bond motifs is 1. The van der Waals surface area contributed by atoms with Gasteiger partial charge in [-0.2, -0.15) is 0 Å². The van der Waals surface area contributed by atoms with Crippen LogP contribution in [-0.2, 0) is 20.9 Å². The monoisotopic (exact) mass is 484 g/mol. The van der Waals surface area contributed by atoms with Crippen LogP contribution in [-0.4, -0.2) is 41.3 Å². The number of ether oxygens (including phenoxy) is 2. The second kappa shape index (κ2) is 9.85. The molecule has 36 heavy (non-hydrogen) atoms. The Hall–Kier alpha value is -4.13. The topological polar surface area (TPSA) is 84.9 Å². The first-order valence-corrected chi connectivity index (χ1v) is 12.1. The van der Waals surface area contributed by atoms with Gasteiger partial charge in [-0.3, -0.25) is 9.59 Å². The summed E-state index contributed by atoms with van der Waals surface area (Å²) in [5, 5.41) is 2.71. The van der Waals surface area contributed by atoms with Crippen LogP contribution in [0.1, 0.15) is 35.7 Å². The molecule has 3 atom stereocenters. The highest BCUT2D eigenvalue weighted by Crippen LogP contribution is 2.59. The Kier molecular flexibility index (Phi) is 6.46. The van der Waals surface area contributed by atoms with Gasteiger partial charge in [0.15, 0.2) is 0 Å². The van der Waals surface area contributed by atoms with Crippen molar-refractivity contribution in [3.63, 3.8) is 0 Å². The van der Waals surface area contributed by atoms with Gasteiger partial charge in [-0.15, -0.1) is 0 Å². The average molecular weight is 485 g/mol. The Morgan fingerprint density at radius 2 is 1.58 bits per heavy atom. The van der Waals surface area contributed by atoms with Gasteiger partial charge in [-0.25, -0.2) is 4.79 Å². The highest BCUT2D eigenvalue weighted by Gasteiger charge is 2.64. The molecule has 0 bridgehead atoms. The highest BCUT2D eigenvalue weighted by atomic mass is 16.5. The summed E-state index contributed by atoms with van der Waals surface area (Å²) in [5.74, 6) is -0.121. The molecule has 2 aliphatic rings. The highest BCUT2D eigenvalue weighted by molar-refractivity contribution is 5.99. The molecule has 3 aromatic carbocycles. The van der Waals surface area contributed by atoms with Gasteiger partial charge in [0.25, 0.3) is 5.91 Å². The molecule has 1 aliphatic carbocycles. The Bertz CT molecular complexity index is 1260. The van der Waals surface area contributed by atoms with Gasteiger partial charge in [0, 0.05) is 6.04 Å². The smallest absolute Gasteiger partial charge is 0.329 e. The van der Waals surface area contributed by atoms with Crippen molar-refractivity contribution in [3.05, 3.63) is 96.1 Å². The molecule has 0 spiro atoms. The molecule has 1 saturated heterocycles. The maximum atomic E-state index is 13.2. The number of hydrogen-bond acceptors (Lipinski definition) is 5. The first kappa shape index (κ1) is 23.6. The Morgan fingerprint density at radius 1 is 0.917 bits per heavy atom. The van der Waals surface area contributed by atoms with E-state index in [-0.39, 0.29) is 30.5 Å². The van der Waals surface area contributed by atoms with Crippen molar-refractivity contribution in [1.29, 1.82) is 0 Å². The minimum atomic E-state index is -0.643. The molecule has 0 aromatic heterocycles. The van der Waals surface area contributed by atoms with Crippen LogP contribution < -0.4 is 10.1 Å². The number of rotatable bonds is 8. The molecule has 1 N–H and O–H groups in total. The lowest BCUT2D eigenvalue weighted by Crippen LogP contribution is -2.48. The number of nitrogens with one attached hydrogen (secondary N) is 1. The van der Waals surface area contributed by atoms with Crippen LogP contribution >= 0.6 is 0 Å². The van der Waals surface area contributed by atoms with Gasteiger partial charge >= 0.3 is 5.97 Å². The zero-order valence-electron chi connectivity index (χ0n) is 20.1. The van der Waals surface area contributed by atoms with Crippen LogP contribution in [0.3, 0.4) is 0 Å². The van der Waals surface area contributed by atoms with Gasteiger partial charge in [-0.1, -0.05) is 67.6 Å². The van der Waals surface area contributed by atoms with E-state index >= 15 is 0 Å². The predicted octanol–water partition coefficient (Wildman–Crippen LogP) is 4.33. The molecule has 3 aromatic rings. The summed E-state index contributed by atoms with van der Waals surface area (Å²) in [7, 11) is 0. The van der Waals surface area contributed by atoms with E-state index < -0.39 is 17.9 Å². The van der Waals surface area contributed by atoms with Crippen LogP contribution in [0, 0.1) is 5.41 Å². The third kappa shape index (κ3) is 4.96. The van der Waals surface area contributed by atoms with E-state index in [2.05, 4.69) is 12.2 Å². The number of amides is 2. The summed E-state index contributed by atoms with van der Waals surface area (Å²) in [6.07, 6.45) is 1.42. The first-order chi connectivity index (χ1) is 17.4. The van der Waals surface area contributed by atoms with Crippen LogP contribution in [0.25, 0.3) is 0 Å². The SMILES string of the molecule is C[C@@]12C[C@@H]1N(C(=O)CNC(=O)c1ccccc1Oc1ccccc1)[C@H](C(=O)OCc1ccccc1)C2. The molecule has 5 rings (SSSR count). The van der Waals surface area contributed by atoms with Crippen molar-refractivity contribution in [2.24, 2.45) is 5.41 Å². The Labute approximate surface area is 210 Å². The molecule has 7 nitrogen and oxygen atoms in total. The molecular weight excluding hydrogens is 456 g/mol. The Balaban J connectivity index is 1.22. The fourth-order valence-corrected chi connectivity index (χ4v) is 4.86. The lowest BCUT2D eigenvalue weighted by atomic mass is 10.0. The summed E-state index contributed by atoms with van der Waals surface area (Å²) >= 11 is 0. The summed E-state index contributed by atoms with van der Waals surface area (Å²) in [6.45, 7) is 2.03. The lowest BCUT2D eigenvalue weighted by Gasteiger charge is -2.26. The maximum absolute atomic E-state index is 13.2. The first-order valence-electron chi connectivity index (χ1n) is 12.1. The summed E-state index contributed by atoms with van der Waals surface area (Å²) in [5.41, 5.74) is 1.14. The number of hydrogen-bond donors (Lipinski definition) is 1. The maximum Gasteiger partial charge on any atom is 0.329 e. The van der Waals surface area contributed by atoms with Gasteiger partial charge in [0.2, 0.25) is 5.91 Å². The number of carbonyl (C=O) groups excluding carboxylic acids is 3. The molecule has 7 heteroatoms. The van der Waals surface area contributed by atoms with Crippen molar-refractivity contribution in [1.82, 2.24) is 10.2 Å². The van der Waals surface area contributed by atoms with Crippen LogP contribution in [0.5, 0.6) is 11.5 Å². The number of para-hydroxylation sites is 2. The van der Waals surface area contributed by atoms with E-state index in [1.165, 1.54) is 0 Å². The van der Waals surface area contributed by atoms with E-state index in [0.29, 0.717) is 23.5 Å². The quantitative estimate of drug-likeness (QED) is 0.481. The average Bonchev–Trinajstić information content (AvgIpc) is 3.47. The molecule has 2 fully saturated rings. The molecule has 2 amide bonds. The van der Waals surface area contributed by atoms with E-state index in [4.69, 9.17) is 9.47 Å². The fourth-order valence-electron chi connectivity index (χ4n) is 4.86. The molecule has 0 unspecified atom stereocenters. The lowest BCUT2D eigenvalue weighted by molar-refractivity contribution is -0.155. The van der Waals surface area contributed by atoms with Crippen molar-refractivity contribution >= 4 is 17.8 Å². The molecule has 1 heterocycles. The zero-order valence-corrected chi connectivity index (χ0v) is 20.1. The summed E-state index contributed by atoms with van der Waals surface area (Å²) in [6, 6.07) is 24.8. The number of benzene rings is 3. The number of carbonyl (C=O) groups is 3. The number of esters is 1. The second-order valence-corrected chi connectivity index (χ2v) is 9.58. The second-order valence-electron chi connectivity index (χ2n) is 9.58. The molecule has 0 radical (unpaired) electrons. The number of likely N-dealkylation sites (tertiary alicyclic amines) is 1. The van der Waals surface area contributed by atoms with Crippen LogP contribution in [0.4, 0.5) is 0 Å². The van der Waals surface area contributed by atoms with Crippen molar-refractivity contribution in [2.75, 3.05) is 6.54 Å². The van der Waals surface area contributed by atoms with E-state index in [0.717, 1.165) is 12.0 Å². The number of nitrogens with zero attached hydrogens (tertiary/aromatic N) is 1. The van der Waals surface area contributed by atoms with Gasteiger partial charge in [-0.05, 0) is 48.1 Å². The van der Waals surface area contributed by atoms with Crippen LogP contribution in [0.15, 0.2) is 84.9 Å². The third-order valence-electron chi connectivity index (χ3n) is 6.92. The fraction of sp³-hybridized carbons (Fsp3) is 0.276. The molecular formula is C29H28N2O5. The largest absolute Gasteiger partial charge is 0.459 e. The van der Waals surface area contributed by atoms with E-state index in [9.17, 15) is 14.4 Å². The minimum Gasteiger partial charge on any atom is -0.459 e. The van der Waals surface area contributed by atoms with Gasteiger partial charge in [0.1, 0.15) is 24.1 Å². The zero-order chi connectivity index (χ0) is 25.1. The molecule has 1 saturated carbocycles. The Morgan fingerprint density at radius 3 is 2.33 bits per heavy atom.